The minimum atomic E-state index is -0.441. The van der Waals surface area contributed by atoms with Crippen molar-refractivity contribution in [3.05, 3.63) is 65.7 Å². The number of halogens is 1. The highest BCUT2D eigenvalue weighted by Crippen LogP contribution is 2.22. The van der Waals surface area contributed by atoms with E-state index in [-0.39, 0.29) is 24.2 Å². The SMILES string of the molecule is CC(C)CNC(=O)c1ccccc1NC(=O)C(C)C(N)c1ccccc1.Cl. The second kappa shape index (κ2) is 10.7. The van der Waals surface area contributed by atoms with Crippen molar-refractivity contribution in [1.29, 1.82) is 0 Å². The van der Waals surface area contributed by atoms with Crippen molar-refractivity contribution in [2.45, 2.75) is 26.8 Å². The Morgan fingerprint density at radius 3 is 2.19 bits per heavy atom. The molecule has 0 radical (unpaired) electrons. The van der Waals surface area contributed by atoms with E-state index in [1.54, 1.807) is 31.2 Å². The molecule has 2 aromatic rings. The number of rotatable bonds is 7. The Morgan fingerprint density at radius 1 is 0.963 bits per heavy atom. The summed E-state index contributed by atoms with van der Waals surface area (Å²) in [5, 5.41) is 5.72. The zero-order chi connectivity index (χ0) is 19.1. The van der Waals surface area contributed by atoms with E-state index < -0.39 is 12.0 Å². The molecule has 4 N–H and O–H groups in total. The van der Waals surface area contributed by atoms with E-state index in [1.807, 2.05) is 44.2 Å². The van der Waals surface area contributed by atoms with Gasteiger partial charge in [-0.25, -0.2) is 0 Å². The molecule has 0 aromatic heterocycles. The number of carbonyl (C=O) groups is 2. The Bertz CT molecular complexity index is 750. The van der Waals surface area contributed by atoms with Gasteiger partial charge in [-0.1, -0.05) is 63.2 Å². The lowest BCUT2D eigenvalue weighted by Gasteiger charge is -2.20. The van der Waals surface area contributed by atoms with E-state index in [4.69, 9.17) is 5.73 Å². The first kappa shape index (κ1) is 22.7. The molecule has 2 rings (SSSR count). The summed E-state index contributed by atoms with van der Waals surface area (Å²) in [6, 6.07) is 16.1. The van der Waals surface area contributed by atoms with E-state index >= 15 is 0 Å². The molecule has 2 amide bonds. The fourth-order valence-electron chi connectivity index (χ4n) is 2.56. The summed E-state index contributed by atoms with van der Waals surface area (Å²) in [5.74, 6) is -0.506. The van der Waals surface area contributed by atoms with Crippen LogP contribution in [0.2, 0.25) is 0 Å². The van der Waals surface area contributed by atoms with Crippen LogP contribution in [0, 0.1) is 11.8 Å². The molecule has 0 aliphatic rings. The van der Waals surface area contributed by atoms with Crippen LogP contribution in [-0.2, 0) is 4.79 Å². The van der Waals surface area contributed by atoms with Gasteiger partial charge >= 0.3 is 0 Å². The number of amides is 2. The van der Waals surface area contributed by atoms with E-state index in [0.717, 1.165) is 5.56 Å². The number of carbonyl (C=O) groups excluding carboxylic acids is 2. The first-order valence-corrected chi connectivity index (χ1v) is 8.88. The van der Waals surface area contributed by atoms with Gasteiger partial charge in [0.15, 0.2) is 0 Å². The monoisotopic (exact) mass is 389 g/mol. The first-order chi connectivity index (χ1) is 12.4. The van der Waals surface area contributed by atoms with Crippen LogP contribution in [0.25, 0.3) is 0 Å². The minimum absolute atomic E-state index is 0. The molecule has 0 bridgehead atoms. The largest absolute Gasteiger partial charge is 0.352 e. The van der Waals surface area contributed by atoms with Crippen molar-refractivity contribution in [1.82, 2.24) is 5.32 Å². The van der Waals surface area contributed by atoms with Gasteiger partial charge in [0.2, 0.25) is 5.91 Å². The quantitative estimate of drug-likeness (QED) is 0.673. The molecule has 2 aromatic carbocycles. The van der Waals surface area contributed by atoms with E-state index in [2.05, 4.69) is 10.6 Å². The van der Waals surface area contributed by atoms with Crippen LogP contribution in [0.4, 0.5) is 5.69 Å². The second-order valence-electron chi connectivity index (χ2n) is 6.86. The Kier molecular flexibility index (Phi) is 8.98. The van der Waals surface area contributed by atoms with Gasteiger partial charge in [-0.2, -0.15) is 0 Å². The summed E-state index contributed by atoms with van der Waals surface area (Å²) < 4.78 is 0. The smallest absolute Gasteiger partial charge is 0.253 e. The number of nitrogens with one attached hydrogen (secondary N) is 2. The lowest BCUT2D eigenvalue weighted by molar-refractivity contribution is -0.120. The molecule has 0 heterocycles. The van der Waals surface area contributed by atoms with Gasteiger partial charge in [-0.15, -0.1) is 12.4 Å². The van der Waals surface area contributed by atoms with Crippen molar-refractivity contribution in [2.75, 3.05) is 11.9 Å². The predicted octanol–water partition coefficient (Wildman–Crippen LogP) is 3.77. The van der Waals surface area contributed by atoms with E-state index in [1.165, 1.54) is 0 Å². The van der Waals surface area contributed by atoms with Gasteiger partial charge in [-0.05, 0) is 23.6 Å². The fourth-order valence-corrected chi connectivity index (χ4v) is 2.56. The molecular weight excluding hydrogens is 362 g/mol. The highest BCUT2D eigenvalue weighted by molar-refractivity contribution is 6.04. The molecular formula is C21H28ClN3O2. The van der Waals surface area contributed by atoms with E-state index in [0.29, 0.717) is 23.7 Å². The van der Waals surface area contributed by atoms with Crippen LogP contribution in [0.3, 0.4) is 0 Å². The summed E-state index contributed by atoms with van der Waals surface area (Å²) in [7, 11) is 0. The highest BCUT2D eigenvalue weighted by atomic mass is 35.5. The minimum Gasteiger partial charge on any atom is -0.352 e. The van der Waals surface area contributed by atoms with Crippen molar-refractivity contribution < 1.29 is 9.59 Å². The molecule has 27 heavy (non-hydrogen) atoms. The van der Waals surface area contributed by atoms with Gasteiger partial charge < -0.3 is 16.4 Å². The van der Waals surface area contributed by atoms with Crippen molar-refractivity contribution in [3.8, 4) is 0 Å². The number of nitrogens with two attached hydrogens (primary N) is 1. The third kappa shape index (κ3) is 6.38. The molecule has 2 unspecified atom stereocenters. The first-order valence-electron chi connectivity index (χ1n) is 8.88. The Hall–Kier alpha value is -2.37. The van der Waals surface area contributed by atoms with Gasteiger partial charge in [0.25, 0.3) is 5.91 Å². The number of benzene rings is 2. The van der Waals surface area contributed by atoms with Crippen LogP contribution in [0.15, 0.2) is 54.6 Å². The average Bonchev–Trinajstić information content (AvgIpc) is 2.66. The maximum absolute atomic E-state index is 12.6. The Balaban J connectivity index is 0.00000364. The molecule has 0 spiro atoms. The summed E-state index contributed by atoms with van der Waals surface area (Å²) >= 11 is 0. The molecule has 0 aliphatic carbocycles. The third-order valence-corrected chi connectivity index (χ3v) is 4.24. The maximum atomic E-state index is 12.6. The van der Waals surface area contributed by atoms with Crippen LogP contribution in [-0.4, -0.2) is 18.4 Å². The summed E-state index contributed by atoms with van der Waals surface area (Å²) in [4.78, 5) is 25.0. The highest BCUT2D eigenvalue weighted by Gasteiger charge is 2.23. The second-order valence-corrected chi connectivity index (χ2v) is 6.86. The molecule has 0 fully saturated rings. The molecule has 146 valence electrons. The lowest BCUT2D eigenvalue weighted by Crippen LogP contribution is -2.32. The summed E-state index contributed by atoms with van der Waals surface area (Å²) in [6.07, 6.45) is 0. The van der Waals surface area contributed by atoms with Gasteiger partial charge in [-0.3, -0.25) is 9.59 Å². The maximum Gasteiger partial charge on any atom is 0.253 e. The zero-order valence-corrected chi connectivity index (χ0v) is 16.8. The number of hydrogen-bond donors (Lipinski definition) is 3. The van der Waals surface area contributed by atoms with Gasteiger partial charge in [0.1, 0.15) is 0 Å². The predicted molar refractivity (Wildman–Crippen MR) is 112 cm³/mol. The van der Waals surface area contributed by atoms with Crippen LogP contribution < -0.4 is 16.4 Å². The molecule has 6 heteroatoms. The van der Waals surface area contributed by atoms with Gasteiger partial charge in [0.05, 0.1) is 17.2 Å². The topological polar surface area (TPSA) is 84.2 Å². The van der Waals surface area contributed by atoms with Crippen molar-refractivity contribution in [3.63, 3.8) is 0 Å². The van der Waals surface area contributed by atoms with Crippen molar-refractivity contribution in [2.24, 2.45) is 17.6 Å². The summed E-state index contributed by atoms with van der Waals surface area (Å²) in [6.45, 7) is 6.42. The van der Waals surface area contributed by atoms with Crippen LogP contribution in [0.5, 0.6) is 0 Å². The number of hydrogen-bond acceptors (Lipinski definition) is 3. The lowest BCUT2D eigenvalue weighted by atomic mass is 9.94. The molecule has 0 saturated heterocycles. The normalized spacial score (nSPS) is 12.6. The van der Waals surface area contributed by atoms with Crippen LogP contribution in [0.1, 0.15) is 42.7 Å². The van der Waals surface area contributed by atoms with Crippen molar-refractivity contribution >= 4 is 29.9 Å². The van der Waals surface area contributed by atoms with Gasteiger partial charge in [0, 0.05) is 12.6 Å². The van der Waals surface area contributed by atoms with E-state index in [9.17, 15) is 9.59 Å². The Labute approximate surface area is 167 Å². The standard InChI is InChI=1S/C21H27N3O2.ClH/c1-14(2)13-23-21(26)17-11-7-8-12-18(17)24-20(25)15(3)19(22)16-9-5-4-6-10-16;/h4-12,14-15,19H,13,22H2,1-3H3,(H,23,26)(H,24,25);1H. The molecule has 2 atom stereocenters. The summed E-state index contributed by atoms with van der Waals surface area (Å²) in [5.41, 5.74) is 8.07. The fraction of sp³-hybridized carbons (Fsp3) is 0.333. The zero-order valence-electron chi connectivity index (χ0n) is 15.9. The average molecular weight is 390 g/mol. The van der Waals surface area contributed by atoms with Crippen LogP contribution >= 0.6 is 12.4 Å². The Morgan fingerprint density at radius 2 is 1.56 bits per heavy atom. The molecule has 0 aliphatic heterocycles. The number of para-hydroxylation sites is 1. The number of anilines is 1. The molecule has 5 nitrogen and oxygen atoms in total. The molecule has 0 saturated carbocycles. The third-order valence-electron chi connectivity index (χ3n) is 4.24.